The number of rotatable bonds is 1. The fourth-order valence-corrected chi connectivity index (χ4v) is 2.45. The Hall–Kier alpha value is -0.810. The normalized spacial score (nSPS) is 10.5. The number of aryl methyl sites for hydroxylation is 2. The van der Waals surface area contributed by atoms with Crippen LogP contribution in [0.1, 0.15) is 10.6 Å². The van der Waals surface area contributed by atoms with Crippen LogP contribution >= 0.6 is 22.9 Å². The van der Waals surface area contributed by atoms with E-state index in [9.17, 15) is 0 Å². The summed E-state index contributed by atoms with van der Waals surface area (Å²) in [4.78, 5) is 1.14. The number of nitrogens with zero attached hydrogens (tertiary/aromatic N) is 3. The summed E-state index contributed by atoms with van der Waals surface area (Å²) in [5.74, 6) is 0. The second-order valence-corrected chi connectivity index (χ2v) is 4.45. The Morgan fingerprint density at radius 2 is 2.08 bits per heavy atom. The van der Waals surface area contributed by atoms with Gasteiger partial charge in [0, 0.05) is 6.20 Å². The lowest BCUT2D eigenvalue weighted by Crippen LogP contribution is -1.73. The van der Waals surface area contributed by atoms with Gasteiger partial charge in [-0.05, 0) is 30.9 Å². The van der Waals surface area contributed by atoms with Gasteiger partial charge in [-0.2, -0.15) is 0 Å². The molecule has 0 amide bonds. The van der Waals surface area contributed by atoms with Crippen molar-refractivity contribution in [1.29, 1.82) is 0 Å². The second-order valence-electron chi connectivity index (χ2n) is 2.46. The average Bonchev–Trinajstić information content (AvgIpc) is 2.58. The molecule has 0 radical (unpaired) electrons. The fourth-order valence-electron chi connectivity index (χ4n) is 0.885. The van der Waals surface area contributed by atoms with Crippen LogP contribution < -0.4 is 0 Å². The SMILES string of the molecule is Cc1nnc(-c2sncc2C)s1. The van der Waals surface area contributed by atoms with E-state index in [0.29, 0.717) is 0 Å². The maximum atomic E-state index is 4.09. The third-order valence-electron chi connectivity index (χ3n) is 1.47. The van der Waals surface area contributed by atoms with Gasteiger partial charge in [0.05, 0.1) is 4.88 Å². The smallest absolute Gasteiger partial charge is 0.159 e. The van der Waals surface area contributed by atoms with Crippen LogP contribution in [-0.4, -0.2) is 14.6 Å². The van der Waals surface area contributed by atoms with Crippen molar-refractivity contribution < 1.29 is 0 Å². The van der Waals surface area contributed by atoms with E-state index in [4.69, 9.17) is 0 Å². The van der Waals surface area contributed by atoms with E-state index < -0.39 is 0 Å². The Balaban J connectivity index is 2.50. The highest BCUT2D eigenvalue weighted by atomic mass is 32.1. The standard InChI is InChI=1S/C7H7N3S2/c1-4-3-8-12-6(4)7-10-9-5(2)11-7/h3H,1-2H3. The second kappa shape index (κ2) is 2.91. The van der Waals surface area contributed by atoms with Gasteiger partial charge in [0.15, 0.2) is 5.01 Å². The van der Waals surface area contributed by atoms with E-state index in [0.717, 1.165) is 14.9 Å². The molecule has 0 aliphatic rings. The van der Waals surface area contributed by atoms with E-state index >= 15 is 0 Å². The quantitative estimate of drug-likeness (QED) is 0.704. The lowest BCUT2D eigenvalue weighted by Gasteiger charge is -1.87. The van der Waals surface area contributed by atoms with Crippen LogP contribution in [0.5, 0.6) is 0 Å². The molecule has 2 heterocycles. The number of aromatic nitrogens is 3. The van der Waals surface area contributed by atoms with Gasteiger partial charge in [0.2, 0.25) is 0 Å². The molecule has 62 valence electrons. The minimum absolute atomic E-state index is 0.979. The van der Waals surface area contributed by atoms with Crippen LogP contribution in [0.3, 0.4) is 0 Å². The monoisotopic (exact) mass is 197 g/mol. The van der Waals surface area contributed by atoms with Crippen LogP contribution in [0.2, 0.25) is 0 Å². The molecule has 0 unspecified atom stereocenters. The Bertz CT molecular complexity index is 391. The van der Waals surface area contributed by atoms with Crippen LogP contribution in [0.15, 0.2) is 6.20 Å². The van der Waals surface area contributed by atoms with Gasteiger partial charge < -0.3 is 0 Å². The Kier molecular flexibility index (Phi) is 1.90. The van der Waals surface area contributed by atoms with Crippen LogP contribution in [-0.2, 0) is 0 Å². The van der Waals surface area contributed by atoms with Gasteiger partial charge in [-0.25, -0.2) is 4.37 Å². The Morgan fingerprint density at radius 3 is 2.58 bits per heavy atom. The zero-order chi connectivity index (χ0) is 8.55. The zero-order valence-corrected chi connectivity index (χ0v) is 8.37. The first-order valence-corrected chi connectivity index (χ1v) is 5.08. The van der Waals surface area contributed by atoms with E-state index in [2.05, 4.69) is 14.6 Å². The molecule has 0 spiro atoms. The first-order valence-electron chi connectivity index (χ1n) is 3.49. The molecule has 5 heteroatoms. The summed E-state index contributed by atoms with van der Waals surface area (Å²) in [6.07, 6.45) is 1.86. The fraction of sp³-hybridized carbons (Fsp3) is 0.286. The van der Waals surface area contributed by atoms with Crippen LogP contribution in [0.25, 0.3) is 9.88 Å². The maximum Gasteiger partial charge on any atom is 0.159 e. The Labute approximate surface area is 78.3 Å². The molecule has 0 saturated heterocycles. The third kappa shape index (κ3) is 1.25. The highest BCUT2D eigenvalue weighted by Gasteiger charge is 2.08. The summed E-state index contributed by atoms with van der Waals surface area (Å²) in [6, 6.07) is 0. The first-order chi connectivity index (χ1) is 5.77. The Morgan fingerprint density at radius 1 is 1.25 bits per heavy atom. The molecule has 3 nitrogen and oxygen atoms in total. The molecular weight excluding hydrogens is 190 g/mol. The van der Waals surface area contributed by atoms with Crippen molar-refractivity contribution in [2.24, 2.45) is 0 Å². The molecule has 0 bridgehead atoms. The number of hydrogen-bond acceptors (Lipinski definition) is 5. The largest absolute Gasteiger partial charge is 0.200 e. The predicted molar refractivity (Wildman–Crippen MR) is 50.5 cm³/mol. The topological polar surface area (TPSA) is 38.7 Å². The van der Waals surface area contributed by atoms with Gasteiger partial charge >= 0.3 is 0 Å². The average molecular weight is 197 g/mol. The summed E-state index contributed by atoms with van der Waals surface area (Å²) in [6.45, 7) is 3.99. The van der Waals surface area contributed by atoms with Crippen molar-refractivity contribution in [3.05, 3.63) is 16.8 Å². The lowest BCUT2D eigenvalue weighted by molar-refractivity contribution is 1.05. The molecule has 0 atom stereocenters. The van der Waals surface area contributed by atoms with Crippen LogP contribution in [0, 0.1) is 13.8 Å². The first kappa shape index (κ1) is 7.82. The van der Waals surface area contributed by atoms with Crippen LogP contribution in [0.4, 0.5) is 0 Å². The summed E-state index contributed by atoms with van der Waals surface area (Å²) >= 11 is 3.08. The molecule has 0 aliphatic heterocycles. The zero-order valence-electron chi connectivity index (χ0n) is 6.74. The van der Waals surface area contributed by atoms with Gasteiger partial charge in [-0.1, -0.05) is 11.3 Å². The summed E-state index contributed by atoms with van der Waals surface area (Å²) < 4.78 is 4.09. The van der Waals surface area contributed by atoms with Gasteiger partial charge in [0.25, 0.3) is 0 Å². The van der Waals surface area contributed by atoms with Crippen molar-refractivity contribution in [1.82, 2.24) is 14.6 Å². The van der Waals surface area contributed by atoms with E-state index in [1.807, 2.05) is 20.0 Å². The van der Waals surface area contributed by atoms with E-state index in [-0.39, 0.29) is 0 Å². The molecule has 2 aromatic rings. The molecule has 0 aliphatic carbocycles. The minimum Gasteiger partial charge on any atom is -0.200 e. The lowest BCUT2D eigenvalue weighted by atomic mass is 10.3. The molecule has 0 aromatic carbocycles. The van der Waals surface area contributed by atoms with Crippen molar-refractivity contribution in [3.8, 4) is 9.88 Å². The summed E-state index contributed by atoms with van der Waals surface area (Å²) in [5, 5.41) is 10.00. The highest BCUT2D eigenvalue weighted by molar-refractivity contribution is 7.19. The minimum atomic E-state index is 0.979. The van der Waals surface area contributed by atoms with E-state index in [1.54, 1.807) is 11.3 Å². The summed E-state index contributed by atoms with van der Waals surface area (Å²) in [7, 11) is 0. The number of hydrogen-bond donors (Lipinski definition) is 0. The molecule has 2 rings (SSSR count). The third-order valence-corrected chi connectivity index (χ3v) is 3.36. The molecule has 12 heavy (non-hydrogen) atoms. The van der Waals surface area contributed by atoms with Crippen molar-refractivity contribution in [2.45, 2.75) is 13.8 Å². The predicted octanol–water partition coefficient (Wildman–Crippen LogP) is 2.28. The molecule has 2 aromatic heterocycles. The van der Waals surface area contributed by atoms with Gasteiger partial charge in [-0.3, -0.25) is 0 Å². The molecule has 0 saturated carbocycles. The van der Waals surface area contributed by atoms with Crippen molar-refractivity contribution >= 4 is 22.9 Å². The molecule has 0 fully saturated rings. The highest BCUT2D eigenvalue weighted by Crippen LogP contribution is 2.29. The van der Waals surface area contributed by atoms with Gasteiger partial charge in [-0.15, -0.1) is 10.2 Å². The summed E-state index contributed by atoms with van der Waals surface area (Å²) in [5.41, 5.74) is 1.18. The molecular formula is C7H7N3S2. The van der Waals surface area contributed by atoms with Crippen molar-refractivity contribution in [3.63, 3.8) is 0 Å². The van der Waals surface area contributed by atoms with E-state index in [1.165, 1.54) is 17.1 Å². The maximum absolute atomic E-state index is 4.09. The molecule has 0 N–H and O–H groups in total. The van der Waals surface area contributed by atoms with Crippen molar-refractivity contribution in [2.75, 3.05) is 0 Å². The van der Waals surface area contributed by atoms with Gasteiger partial charge in [0.1, 0.15) is 5.01 Å².